The molecule has 34 heavy (non-hydrogen) atoms. The fourth-order valence-corrected chi connectivity index (χ4v) is 4.92. The van der Waals surface area contributed by atoms with E-state index in [4.69, 9.17) is 9.97 Å². The first kappa shape index (κ1) is 22.4. The van der Waals surface area contributed by atoms with E-state index in [9.17, 15) is 4.79 Å². The van der Waals surface area contributed by atoms with Gasteiger partial charge in [0.1, 0.15) is 5.82 Å². The Morgan fingerprint density at radius 2 is 1.76 bits per heavy atom. The number of rotatable bonds is 3. The van der Waals surface area contributed by atoms with Crippen LogP contribution in [-0.4, -0.2) is 40.5 Å². The van der Waals surface area contributed by atoms with E-state index >= 15 is 0 Å². The van der Waals surface area contributed by atoms with Crippen LogP contribution in [0.3, 0.4) is 0 Å². The maximum Gasteiger partial charge on any atom is 0.322 e. The van der Waals surface area contributed by atoms with Crippen LogP contribution in [0.5, 0.6) is 0 Å². The van der Waals surface area contributed by atoms with E-state index in [0.717, 1.165) is 78.0 Å². The molecule has 0 saturated carbocycles. The molecule has 0 atom stereocenters. The van der Waals surface area contributed by atoms with Gasteiger partial charge < -0.3 is 15.1 Å². The van der Waals surface area contributed by atoms with Gasteiger partial charge in [0.25, 0.3) is 0 Å². The zero-order valence-electron chi connectivity index (χ0n) is 20.3. The molecule has 3 aromatic rings. The number of aryl methyl sites for hydroxylation is 2. The standard InChI is InChI=1S/C28H33N5O/c1-19-11-14-32(15-12-19)27-23-18-33(28(34)30-24-10-9-20(2)17-21(24)3)16-13-25(23)29-26(31-27)22-7-5-4-6-8-22/h4-10,17,19H,11-16,18H2,1-3H3,(H,30,34). The molecule has 176 valence electrons. The highest BCUT2D eigenvalue weighted by Gasteiger charge is 2.29. The van der Waals surface area contributed by atoms with E-state index in [2.05, 4.69) is 42.3 Å². The van der Waals surface area contributed by atoms with E-state index in [1.807, 2.05) is 42.2 Å². The topological polar surface area (TPSA) is 61.4 Å². The second kappa shape index (κ2) is 9.45. The molecule has 6 nitrogen and oxygen atoms in total. The van der Waals surface area contributed by atoms with Crippen LogP contribution in [0.15, 0.2) is 48.5 Å². The Hall–Kier alpha value is -3.41. The van der Waals surface area contributed by atoms with Crippen molar-refractivity contribution in [2.75, 3.05) is 29.9 Å². The van der Waals surface area contributed by atoms with Gasteiger partial charge in [-0.2, -0.15) is 0 Å². The highest BCUT2D eigenvalue weighted by molar-refractivity contribution is 5.90. The zero-order chi connectivity index (χ0) is 23.7. The number of benzene rings is 2. The highest BCUT2D eigenvalue weighted by atomic mass is 16.2. The molecule has 2 aliphatic rings. The molecular weight excluding hydrogens is 422 g/mol. The van der Waals surface area contributed by atoms with Crippen molar-refractivity contribution in [2.24, 2.45) is 5.92 Å². The number of carbonyl (C=O) groups excluding carboxylic acids is 1. The van der Waals surface area contributed by atoms with Crippen LogP contribution >= 0.6 is 0 Å². The van der Waals surface area contributed by atoms with Crippen LogP contribution < -0.4 is 10.2 Å². The van der Waals surface area contributed by atoms with E-state index < -0.39 is 0 Å². The number of aromatic nitrogens is 2. The van der Waals surface area contributed by atoms with Crippen molar-refractivity contribution in [3.05, 3.63) is 70.9 Å². The summed E-state index contributed by atoms with van der Waals surface area (Å²) in [5, 5.41) is 3.11. The lowest BCUT2D eigenvalue weighted by molar-refractivity contribution is 0.206. The zero-order valence-corrected chi connectivity index (χ0v) is 20.3. The maximum atomic E-state index is 13.2. The minimum atomic E-state index is -0.0667. The summed E-state index contributed by atoms with van der Waals surface area (Å²) >= 11 is 0. The number of piperidine rings is 1. The molecule has 0 spiro atoms. The Morgan fingerprint density at radius 3 is 2.50 bits per heavy atom. The molecule has 3 heterocycles. The van der Waals surface area contributed by atoms with Crippen molar-refractivity contribution in [1.82, 2.24) is 14.9 Å². The Labute approximate surface area is 202 Å². The van der Waals surface area contributed by atoms with Crippen LogP contribution in [0, 0.1) is 19.8 Å². The van der Waals surface area contributed by atoms with Gasteiger partial charge in [0.15, 0.2) is 5.82 Å². The van der Waals surface area contributed by atoms with Crippen LogP contribution in [0.4, 0.5) is 16.3 Å². The van der Waals surface area contributed by atoms with E-state index in [1.165, 1.54) is 5.56 Å². The van der Waals surface area contributed by atoms with Gasteiger partial charge in [-0.1, -0.05) is 55.0 Å². The summed E-state index contributed by atoms with van der Waals surface area (Å²) in [4.78, 5) is 27.5. The maximum absolute atomic E-state index is 13.2. The smallest absolute Gasteiger partial charge is 0.322 e. The third kappa shape index (κ3) is 4.63. The number of hydrogen-bond acceptors (Lipinski definition) is 4. The molecule has 0 unspecified atom stereocenters. The summed E-state index contributed by atoms with van der Waals surface area (Å²) in [6.45, 7) is 9.58. The van der Waals surface area contributed by atoms with Gasteiger partial charge >= 0.3 is 6.03 Å². The van der Waals surface area contributed by atoms with Crippen LogP contribution in [0.2, 0.25) is 0 Å². The number of amides is 2. The molecule has 5 rings (SSSR count). The predicted molar refractivity (Wildman–Crippen MR) is 137 cm³/mol. The van der Waals surface area contributed by atoms with Gasteiger partial charge in [-0.15, -0.1) is 0 Å². The summed E-state index contributed by atoms with van der Waals surface area (Å²) in [7, 11) is 0. The monoisotopic (exact) mass is 455 g/mol. The Bertz CT molecular complexity index is 1180. The van der Waals surface area contributed by atoms with Gasteiger partial charge in [-0.3, -0.25) is 0 Å². The number of urea groups is 1. The average molecular weight is 456 g/mol. The second-order valence-corrected chi connectivity index (χ2v) is 9.75. The minimum absolute atomic E-state index is 0.0667. The molecule has 2 aromatic carbocycles. The third-order valence-corrected chi connectivity index (χ3v) is 7.06. The van der Waals surface area contributed by atoms with E-state index in [-0.39, 0.29) is 6.03 Å². The molecule has 1 N–H and O–H groups in total. The molecule has 0 bridgehead atoms. The fourth-order valence-electron chi connectivity index (χ4n) is 4.92. The summed E-state index contributed by atoms with van der Waals surface area (Å²) in [6, 6.07) is 16.2. The van der Waals surface area contributed by atoms with Gasteiger partial charge in [0.2, 0.25) is 0 Å². The second-order valence-electron chi connectivity index (χ2n) is 9.75. The SMILES string of the molecule is Cc1ccc(NC(=O)N2CCc3nc(-c4ccccc4)nc(N4CCC(C)CC4)c3C2)c(C)c1. The number of anilines is 2. The quantitative estimate of drug-likeness (QED) is 0.559. The first-order valence-electron chi connectivity index (χ1n) is 12.3. The molecule has 0 radical (unpaired) electrons. The molecule has 6 heteroatoms. The van der Waals surface area contributed by atoms with Crippen LogP contribution in [0.1, 0.15) is 42.1 Å². The number of hydrogen-bond donors (Lipinski definition) is 1. The van der Waals surface area contributed by atoms with Crippen molar-refractivity contribution in [2.45, 2.75) is 46.6 Å². The fraction of sp³-hybridized carbons (Fsp3) is 0.393. The lowest BCUT2D eigenvalue weighted by Crippen LogP contribution is -2.41. The number of carbonyl (C=O) groups is 1. The summed E-state index contributed by atoms with van der Waals surface area (Å²) < 4.78 is 0. The lowest BCUT2D eigenvalue weighted by Gasteiger charge is -2.36. The van der Waals surface area contributed by atoms with Crippen molar-refractivity contribution >= 4 is 17.5 Å². The third-order valence-electron chi connectivity index (χ3n) is 7.06. The Kier molecular flexibility index (Phi) is 6.22. The van der Waals surface area contributed by atoms with Gasteiger partial charge in [-0.05, 0) is 44.2 Å². The van der Waals surface area contributed by atoms with Crippen LogP contribution in [0.25, 0.3) is 11.4 Å². The summed E-state index contributed by atoms with van der Waals surface area (Å²) in [5.41, 5.74) is 6.32. The largest absolute Gasteiger partial charge is 0.356 e. The van der Waals surface area contributed by atoms with E-state index in [1.54, 1.807) is 0 Å². The number of nitrogens with one attached hydrogen (secondary N) is 1. The highest BCUT2D eigenvalue weighted by Crippen LogP contribution is 2.32. The van der Waals surface area contributed by atoms with Crippen molar-refractivity contribution < 1.29 is 4.79 Å². The molecule has 1 aromatic heterocycles. The van der Waals surface area contributed by atoms with Crippen molar-refractivity contribution in [3.63, 3.8) is 0 Å². The molecule has 0 aliphatic carbocycles. The van der Waals surface area contributed by atoms with Gasteiger partial charge in [-0.25, -0.2) is 14.8 Å². The van der Waals surface area contributed by atoms with Gasteiger partial charge in [0.05, 0.1) is 12.2 Å². The molecule has 2 aliphatic heterocycles. The molecule has 2 amide bonds. The predicted octanol–water partition coefficient (Wildman–Crippen LogP) is 5.59. The minimum Gasteiger partial charge on any atom is -0.356 e. The molecule has 1 fully saturated rings. The van der Waals surface area contributed by atoms with Gasteiger partial charge in [0, 0.05) is 42.9 Å². The van der Waals surface area contributed by atoms with Crippen molar-refractivity contribution in [3.8, 4) is 11.4 Å². The van der Waals surface area contributed by atoms with Crippen molar-refractivity contribution in [1.29, 1.82) is 0 Å². The van der Waals surface area contributed by atoms with Crippen LogP contribution in [-0.2, 0) is 13.0 Å². The molecule has 1 saturated heterocycles. The lowest BCUT2D eigenvalue weighted by atomic mass is 9.98. The molecular formula is C28H33N5O. The van der Waals surface area contributed by atoms with E-state index in [0.29, 0.717) is 13.1 Å². The number of nitrogens with zero attached hydrogens (tertiary/aromatic N) is 4. The summed E-state index contributed by atoms with van der Waals surface area (Å²) in [5.74, 6) is 2.52. The summed E-state index contributed by atoms with van der Waals surface area (Å²) in [6.07, 6.45) is 3.06. The average Bonchev–Trinajstić information content (AvgIpc) is 2.86. The first-order valence-corrected chi connectivity index (χ1v) is 12.3. The Morgan fingerprint density at radius 1 is 1.00 bits per heavy atom. The normalized spacial score (nSPS) is 16.3. The Balaban J connectivity index is 1.45. The number of fused-ring (bicyclic) bond motifs is 1. The first-order chi connectivity index (χ1) is 16.5.